The Hall–Kier alpha value is -1.78. The zero-order valence-electron chi connectivity index (χ0n) is 10.2. The zero-order chi connectivity index (χ0) is 13.0. The minimum atomic E-state index is -1.03. The van der Waals surface area contributed by atoms with Crippen LogP contribution in [0.4, 0.5) is 0 Å². The van der Waals surface area contributed by atoms with Crippen molar-refractivity contribution in [2.45, 2.75) is 33.2 Å². The molecule has 0 spiro atoms. The van der Waals surface area contributed by atoms with Gasteiger partial charge in [0.1, 0.15) is 6.04 Å². The Bertz CT molecular complexity index is 410. The van der Waals surface area contributed by atoms with Gasteiger partial charge in [-0.25, -0.2) is 4.79 Å². The summed E-state index contributed by atoms with van der Waals surface area (Å²) in [6.07, 6.45) is 2.13. The van der Waals surface area contributed by atoms with Crippen LogP contribution in [0, 0.1) is 12.8 Å². The molecule has 2 atom stereocenters. The summed E-state index contributed by atoms with van der Waals surface area (Å²) in [5.74, 6) is -1.52. The van der Waals surface area contributed by atoms with E-state index >= 15 is 0 Å². The molecule has 5 heteroatoms. The third-order valence-electron chi connectivity index (χ3n) is 2.72. The number of amides is 1. The van der Waals surface area contributed by atoms with E-state index in [1.807, 2.05) is 6.92 Å². The molecule has 0 aliphatic carbocycles. The molecule has 0 aliphatic heterocycles. The zero-order valence-corrected chi connectivity index (χ0v) is 10.2. The number of furan rings is 1. The van der Waals surface area contributed by atoms with Gasteiger partial charge < -0.3 is 14.8 Å². The second kappa shape index (κ2) is 5.52. The molecule has 0 radical (unpaired) electrons. The Morgan fingerprint density at radius 1 is 1.53 bits per heavy atom. The van der Waals surface area contributed by atoms with Crippen LogP contribution in [0.2, 0.25) is 0 Å². The first-order valence-electron chi connectivity index (χ1n) is 5.54. The van der Waals surface area contributed by atoms with E-state index in [9.17, 15) is 9.59 Å². The highest BCUT2D eigenvalue weighted by Crippen LogP contribution is 2.11. The van der Waals surface area contributed by atoms with Crippen LogP contribution in [-0.2, 0) is 4.79 Å². The van der Waals surface area contributed by atoms with Crippen LogP contribution >= 0.6 is 0 Å². The molecule has 0 fully saturated rings. The minimum absolute atomic E-state index is 0.132. The van der Waals surface area contributed by atoms with E-state index in [1.165, 1.54) is 6.26 Å². The fourth-order valence-electron chi connectivity index (χ4n) is 1.45. The summed E-state index contributed by atoms with van der Waals surface area (Å²) in [4.78, 5) is 22.8. The quantitative estimate of drug-likeness (QED) is 0.821. The third kappa shape index (κ3) is 3.34. The summed E-state index contributed by atoms with van der Waals surface area (Å²) < 4.78 is 5.02. The Balaban J connectivity index is 2.74. The van der Waals surface area contributed by atoms with Gasteiger partial charge in [-0.2, -0.15) is 0 Å². The van der Waals surface area contributed by atoms with Crippen molar-refractivity contribution in [2.75, 3.05) is 0 Å². The molecule has 1 amide bonds. The summed E-state index contributed by atoms with van der Waals surface area (Å²) in [5, 5.41) is 11.5. The highest BCUT2D eigenvalue weighted by molar-refractivity contribution is 5.94. The highest BCUT2D eigenvalue weighted by Gasteiger charge is 2.26. The van der Waals surface area contributed by atoms with Crippen molar-refractivity contribution in [3.05, 3.63) is 23.7 Å². The lowest BCUT2D eigenvalue weighted by molar-refractivity contribution is -0.140. The Labute approximate surface area is 99.8 Å². The lowest BCUT2D eigenvalue weighted by Gasteiger charge is -2.19. The van der Waals surface area contributed by atoms with Crippen LogP contribution in [0.3, 0.4) is 0 Å². The monoisotopic (exact) mass is 239 g/mol. The SMILES string of the molecule is CC[C@H](C)[C@H](NC(=O)c1cc(C)co1)C(=O)O. The van der Waals surface area contributed by atoms with Gasteiger partial charge in [0.05, 0.1) is 6.26 Å². The van der Waals surface area contributed by atoms with Gasteiger partial charge in [-0.3, -0.25) is 4.79 Å². The molecular weight excluding hydrogens is 222 g/mol. The molecule has 0 bridgehead atoms. The fourth-order valence-corrected chi connectivity index (χ4v) is 1.45. The van der Waals surface area contributed by atoms with E-state index in [-0.39, 0.29) is 11.7 Å². The van der Waals surface area contributed by atoms with Gasteiger partial charge >= 0.3 is 5.97 Å². The smallest absolute Gasteiger partial charge is 0.326 e. The van der Waals surface area contributed by atoms with Crippen molar-refractivity contribution < 1.29 is 19.1 Å². The first kappa shape index (κ1) is 13.3. The molecule has 0 aliphatic rings. The summed E-state index contributed by atoms with van der Waals surface area (Å²) in [7, 11) is 0. The number of rotatable bonds is 5. The number of carbonyl (C=O) groups is 2. The molecular formula is C12H17NO4. The largest absolute Gasteiger partial charge is 0.480 e. The van der Waals surface area contributed by atoms with E-state index in [1.54, 1.807) is 19.9 Å². The number of carboxylic acid groups (broad SMARTS) is 1. The first-order valence-corrected chi connectivity index (χ1v) is 5.54. The number of aliphatic carboxylic acids is 1. The fraction of sp³-hybridized carbons (Fsp3) is 0.500. The maximum absolute atomic E-state index is 11.7. The maximum atomic E-state index is 11.7. The molecule has 17 heavy (non-hydrogen) atoms. The second-order valence-corrected chi connectivity index (χ2v) is 4.16. The van der Waals surface area contributed by atoms with Crippen molar-refractivity contribution in [3.8, 4) is 0 Å². The van der Waals surface area contributed by atoms with Crippen molar-refractivity contribution in [2.24, 2.45) is 5.92 Å². The summed E-state index contributed by atoms with van der Waals surface area (Å²) in [6.45, 7) is 5.46. The molecule has 0 unspecified atom stereocenters. The van der Waals surface area contributed by atoms with Gasteiger partial charge in [-0.05, 0) is 24.5 Å². The predicted octanol–water partition coefficient (Wildman–Crippen LogP) is 1.82. The van der Waals surface area contributed by atoms with Gasteiger partial charge in [0.15, 0.2) is 5.76 Å². The summed E-state index contributed by atoms with van der Waals surface area (Å²) >= 11 is 0. The van der Waals surface area contributed by atoms with Crippen LogP contribution in [-0.4, -0.2) is 23.0 Å². The molecule has 94 valence electrons. The van der Waals surface area contributed by atoms with Crippen molar-refractivity contribution >= 4 is 11.9 Å². The molecule has 0 saturated carbocycles. The average Bonchev–Trinajstić information content (AvgIpc) is 2.71. The van der Waals surface area contributed by atoms with Crippen molar-refractivity contribution in [1.29, 1.82) is 0 Å². The Kier molecular flexibility index (Phi) is 4.31. The lowest BCUT2D eigenvalue weighted by atomic mass is 9.99. The van der Waals surface area contributed by atoms with Crippen molar-refractivity contribution in [3.63, 3.8) is 0 Å². The minimum Gasteiger partial charge on any atom is -0.480 e. The van der Waals surface area contributed by atoms with Gasteiger partial charge in [0, 0.05) is 0 Å². The molecule has 1 heterocycles. The number of nitrogens with one attached hydrogen (secondary N) is 1. The van der Waals surface area contributed by atoms with Gasteiger partial charge in [-0.1, -0.05) is 20.3 Å². The Morgan fingerprint density at radius 3 is 2.59 bits per heavy atom. The van der Waals surface area contributed by atoms with Crippen molar-refractivity contribution in [1.82, 2.24) is 5.32 Å². The van der Waals surface area contributed by atoms with Gasteiger partial charge in [0.25, 0.3) is 5.91 Å². The molecule has 1 aromatic heterocycles. The first-order chi connectivity index (χ1) is 7.95. The normalized spacial score (nSPS) is 14.1. The second-order valence-electron chi connectivity index (χ2n) is 4.16. The Morgan fingerprint density at radius 2 is 2.18 bits per heavy atom. The van der Waals surface area contributed by atoms with E-state index in [4.69, 9.17) is 9.52 Å². The topological polar surface area (TPSA) is 79.5 Å². The van der Waals surface area contributed by atoms with Crippen LogP contribution in [0.25, 0.3) is 0 Å². The van der Waals surface area contributed by atoms with E-state index in [0.717, 1.165) is 5.56 Å². The third-order valence-corrected chi connectivity index (χ3v) is 2.72. The maximum Gasteiger partial charge on any atom is 0.326 e. The number of hydrogen-bond donors (Lipinski definition) is 2. The van der Waals surface area contributed by atoms with Crippen LogP contribution in [0.1, 0.15) is 36.4 Å². The van der Waals surface area contributed by atoms with Gasteiger partial charge in [0.2, 0.25) is 0 Å². The average molecular weight is 239 g/mol. The highest BCUT2D eigenvalue weighted by atomic mass is 16.4. The number of carbonyl (C=O) groups excluding carboxylic acids is 1. The molecule has 1 rings (SSSR count). The summed E-state index contributed by atoms with van der Waals surface area (Å²) in [5.41, 5.74) is 0.825. The van der Waals surface area contributed by atoms with E-state index < -0.39 is 17.9 Å². The van der Waals surface area contributed by atoms with Gasteiger partial charge in [-0.15, -0.1) is 0 Å². The van der Waals surface area contributed by atoms with E-state index in [2.05, 4.69) is 5.32 Å². The molecule has 1 aromatic rings. The molecule has 0 aromatic carbocycles. The molecule has 2 N–H and O–H groups in total. The molecule has 5 nitrogen and oxygen atoms in total. The predicted molar refractivity (Wildman–Crippen MR) is 61.8 cm³/mol. The summed E-state index contributed by atoms with van der Waals surface area (Å²) in [6, 6.07) is 0.683. The lowest BCUT2D eigenvalue weighted by Crippen LogP contribution is -2.44. The molecule has 0 saturated heterocycles. The number of aryl methyl sites for hydroxylation is 1. The standard InChI is InChI=1S/C12H17NO4/c1-4-8(3)10(12(15)16)13-11(14)9-5-7(2)6-17-9/h5-6,8,10H,4H2,1-3H3,(H,13,14)(H,15,16)/t8-,10-/m0/s1. The number of carboxylic acids is 1. The number of hydrogen-bond acceptors (Lipinski definition) is 3. The van der Waals surface area contributed by atoms with Crippen LogP contribution in [0.5, 0.6) is 0 Å². The van der Waals surface area contributed by atoms with E-state index in [0.29, 0.717) is 6.42 Å². The van der Waals surface area contributed by atoms with Crippen LogP contribution < -0.4 is 5.32 Å². The van der Waals surface area contributed by atoms with Crippen LogP contribution in [0.15, 0.2) is 16.7 Å².